The van der Waals surface area contributed by atoms with Crippen LogP contribution < -0.4 is 16.0 Å². The Bertz CT molecular complexity index is 1630. The van der Waals surface area contributed by atoms with Gasteiger partial charge in [-0.05, 0) is 74.0 Å². The second-order valence-electron chi connectivity index (χ2n) is 8.33. The Hall–Kier alpha value is -4.17. The van der Waals surface area contributed by atoms with Crippen LogP contribution in [0.3, 0.4) is 0 Å². The van der Waals surface area contributed by atoms with E-state index in [1.54, 1.807) is 36.4 Å². The van der Waals surface area contributed by atoms with E-state index < -0.39 is 11.2 Å². The van der Waals surface area contributed by atoms with E-state index >= 15 is 0 Å². The number of rotatable bonds is 6. The number of ether oxygens (including phenoxy) is 1. The molecule has 0 saturated carbocycles. The molecule has 5 rings (SSSR count). The van der Waals surface area contributed by atoms with Gasteiger partial charge in [0, 0.05) is 16.1 Å². The Labute approximate surface area is 204 Å². The average Bonchev–Trinajstić information content (AvgIpc) is 3.32. The van der Waals surface area contributed by atoms with Gasteiger partial charge < -0.3 is 14.2 Å². The summed E-state index contributed by atoms with van der Waals surface area (Å²) in [4.78, 5) is 32.9. The van der Waals surface area contributed by atoms with Crippen molar-refractivity contribution in [2.75, 3.05) is 0 Å². The number of nitrogens with zero attached hydrogens (tertiary/aromatic N) is 3. The molecular weight excluding hydrogens is 468 g/mol. The van der Waals surface area contributed by atoms with E-state index in [4.69, 9.17) is 20.9 Å². The first-order valence-electron chi connectivity index (χ1n) is 11.0. The van der Waals surface area contributed by atoms with E-state index in [-0.39, 0.29) is 18.5 Å². The van der Waals surface area contributed by atoms with Gasteiger partial charge in [0.25, 0.3) is 11.4 Å². The Kier molecular flexibility index (Phi) is 5.96. The first-order valence-corrected chi connectivity index (χ1v) is 11.4. The molecule has 0 amide bonds. The van der Waals surface area contributed by atoms with Crippen LogP contribution in [-0.4, -0.2) is 25.8 Å². The molecule has 2 heterocycles. The van der Waals surface area contributed by atoms with Gasteiger partial charge in [-0.3, -0.25) is 9.36 Å². The van der Waals surface area contributed by atoms with Crippen molar-refractivity contribution in [3.05, 3.63) is 98.2 Å². The predicted molar refractivity (Wildman–Crippen MR) is 134 cm³/mol. The zero-order valence-corrected chi connectivity index (χ0v) is 19.7. The van der Waals surface area contributed by atoms with Crippen molar-refractivity contribution in [1.29, 1.82) is 0 Å². The molecule has 8 nitrogen and oxygen atoms in total. The van der Waals surface area contributed by atoms with Gasteiger partial charge in [-0.15, -0.1) is 0 Å². The predicted octanol–water partition coefficient (Wildman–Crippen LogP) is 4.90. The third-order valence-electron chi connectivity index (χ3n) is 5.37. The lowest BCUT2D eigenvalue weighted by Crippen LogP contribution is -2.35. The Morgan fingerprint density at radius 3 is 2.54 bits per heavy atom. The molecule has 0 spiro atoms. The normalized spacial score (nSPS) is 11.3. The standard InChI is InChI=1S/C26H21ClN4O4/c1-15(2)34-20-9-6-17(7-10-20)23-29-24(35-30-23)18-8-11-21-22(13-18)28-26(33)31(25(21)32)14-16-4-3-5-19(27)12-16/h3-13,15H,14H2,1-2H3,(H,28,33). The van der Waals surface area contributed by atoms with E-state index in [1.165, 1.54) is 0 Å². The molecule has 0 aliphatic rings. The minimum atomic E-state index is -0.519. The maximum Gasteiger partial charge on any atom is 0.329 e. The summed E-state index contributed by atoms with van der Waals surface area (Å²) in [6.07, 6.45) is 0.0814. The first-order chi connectivity index (χ1) is 16.9. The van der Waals surface area contributed by atoms with E-state index in [2.05, 4.69) is 15.1 Å². The van der Waals surface area contributed by atoms with Crippen LogP contribution in [0.2, 0.25) is 5.02 Å². The number of nitrogens with one attached hydrogen (secondary N) is 1. The van der Waals surface area contributed by atoms with Crippen LogP contribution in [0.1, 0.15) is 19.4 Å². The molecular formula is C26H21ClN4O4. The van der Waals surface area contributed by atoms with Gasteiger partial charge >= 0.3 is 5.69 Å². The van der Waals surface area contributed by atoms with Crippen molar-refractivity contribution in [2.45, 2.75) is 26.5 Å². The molecule has 0 atom stereocenters. The summed E-state index contributed by atoms with van der Waals surface area (Å²) in [6.45, 7) is 4.04. The van der Waals surface area contributed by atoms with E-state index in [1.807, 2.05) is 44.2 Å². The summed E-state index contributed by atoms with van der Waals surface area (Å²) >= 11 is 6.03. The lowest BCUT2D eigenvalue weighted by atomic mass is 10.1. The maximum absolute atomic E-state index is 13.0. The first kappa shape index (κ1) is 22.6. The van der Waals surface area contributed by atoms with Gasteiger partial charge in [-0.2, -0.15) is 4.98 Å². The molecule has 2 aromatic heterocycles. The minimum Gasteiger partial charge on any atom is -0.491 e. The van der Waals surface area contributed by atoms with Gasteiger partial charge in [-0.1, -0.05) is 28.9 Å². The second kappa shape index (κ2) is 9.23. The lowest BCUT2D eigenvalue weighted by Gasteiger charge is -2.09. The third kappa shape index (κ3) is 4.74. The van der Waals surface area contributed by atoms with Crippen LogP contribution in [0.15, 0.2) is 80.8 Å². The smallest absolute Gasteiger partial charge is 0.329 e. The molecule has 1 N–H and O–H groups in total. The molecule has 9 heteroatoms. The van der Waals surface area contributed by atoms with Gasteiger partial charge in [0.05, 0.1) is 23.6 Å². The fourth-order valence-electron chi connectivity index (χ4n) is 3.76. The molecule has 35 heavy (non-hydrogen) atoms. The van der Waals surface area contributed by atoms with Gasteiger partial charge in [0.2, 0.25) is 5.82 Å². The number of hydrogen-bond donors (Lipinski definition) is 1. The Morgan fingerprint density at radius 2 is 1.80 bits per heavy atom. The maximum atomic E-state index is 13.0. The summed E-state index contributed by atoms with van der Waals surface area (Å²) in [5, 5.41) is 4.97. The molecule has 0 saturated heterocycles. The zero-order chi connectivity index (χ0) is 24.5. The summed E-state index contributed by atoms with van der Waals surface area (Å²) in [7, 11) is 0. The minimum absolute atomic E-state index is 0.0814. The van der Waals surface area contributed by atoms with Crippen molar-refractivity contribution < 1.29 is 9.26 Å². The van der Waals surface area contributed by atoms with Crippen molar-refractivity contribution in [1.82, 2.24) is 19.7 Å². The summed E-state index contributed by atoms with van der Waals surface area (Å²) in [5.41, 5.74) is 1.57. The largest absolute Gasteiger partial charge is 0.491 e. The van der Waals surface area contributed by atoms with Crippen LogP contribution in [0.4, 0.5) is 0 Å². The Balaban J connectivity index is 1.45. The highest BCUT2D eigenvalue weighted by molar-refractivity contribution is 6.30. The van der Waals surface area contributed by atoms with Crippen LogP contribution in [0.25, 0.3) is 33.7 Å². The summed E-state index contributed by atoms with van der Waals surface area (Å²) < 4.78 is 12.2. The highest BCUT2D eigenvalue weighted by Gasteiger charge is 2.14. The topological polar surface area (TPSA) is 103 Å². The molecule has 0 bridgehead atoms. The molecule has 0 radical (unpaired) electrons. The van der Waals surface area contributed by atoms with E-state index in [0.29, 0.717) is 27.3 Å². The van der Waals surface area contributed by atoms with E-state index in [9.17, 15) is 9.59 Å². The number of halogens is 1. The van der Waals surface area contributed by atoms with Crippen molar-refractivity contribution in [2.24, 2.45) is 0 Å². The number of benzene rings is 3. The number of aromatic amines is 1. The number of aromatic nitrogens is 4. The monoisotopic (exact) mass is 488 g/mol. The quantitative estimate of drug-likeness (QED) is 0.365. The highest BCUT2D eigenvalue weighted by Crippen LogP contribution is 2.25. The summed E-state index contributed by atoms with van der Waals surface area (Å²) in [6, 6.07) is 19.4. The van der Waals surface area contributed by atoms with Crippen LogP contribution in [0, 0.1) is 0 Å². The lowest BCUT2D eigenvalue weighted by molar-refractivity contribution is 0.242. The molecule has 5 aromatic rings. The molecule has 0 unspecified atom stereocenters. The van der Waals surface area contributed by atoms with Crippen LogP contribution in [0.5, 0.6) is 5.75 Å². The van der Waals surface area contributed by atoms with Crippen molar-refractivity contribution >= 4 is 22.5 Å². The fourth-order valence-corrected chi connectivity index (χ4v) is 3.97. The zero-order valence-electron chi connectivity index (χ0n) is 19.0. The molecule has 0 aliphatic heterocycles. The van der Waals surface area contributed by atoms with E-state index in [0.717, 1.165) is 21.4 Å². The van der Waals surface area contributed by atoms with Crippen molar-refractivity contribution in [3.63, 3.8) is 0 Å². The average molecular weight is 489 g/mol. The van der Waals surface area contributed by atoms with Crippen LogP contribution >= 0.6 is 11.6 Å². The Morgan fingerprint density at radius 1 is 1.03 bits per heavy atom. The highest BCUT2D eigenvalue weighted by atomic mass is 35.5. The summed E-state index contributed by atoms with van der Waals surface area (Å²) in [5.74, 6) is 1.45. The number of fused-ring (bicyclic) bond motifs is 1. The number of H-pyrrole nitrogens is 1. The third-order valence-corrected chi connectivity index (χ3v) is 5.60. The SMILES string of the molecule is CC(C)Oc1ccc(-c2noc(-c3ccc4c(=O)n(Cc5cccc(Cl)c5)c(=O)[nH]c4c3)n2)cc1. The molecule has 0 fully saturated rings. The van der Waals surface area contributed by atoms with Crippen LogP contribution in [-0.2, 0) is 6.54 Å². The molecule has 0 aliphatic carbocycles. The van der Waals surface area contributed by atoms with Gasteiger partial charge in [-0.25, -0.2) is 4.79 Å². The fraction of sp³-hybridized carbons (Fsp3) is 0.154. The molecule has 176 valence electrons. The van der Waals surface area contributed by atoms with Gasteiger partial charge in [0.1, 0.15) is 5.75 Å². The van der Waals surface area contributed by atoms with Crippen molar-refractivity contribution in [3.8, 4) is 28.6 Å². The molecule has 3 aromatic carbocycles. The second-order valence-corrected chi connectivity index (χ2v) is 8.76. The number of hydrogen-bond acceptors (Lipinski definition) is 6. The van der Waals surface area contributed by atoms with Gasteiger partial charge in [0.15, 0.2) is 0 Å².